The second-order valence-electron chi connectivity index (χ2n) is 7.93. The van der Waals surface area contributed by atoms with Gasteiger partial charge in [0.1, 0.15) is 0 Å². The minimum Gasteiger partial charge on any atom is -0.263 e. The van der Waals surface area contributed by atoms with Crippen LogP contribution in [0.1, 0.15) is 35.3 Å². The predicted molar refractivity (Wildman–Crippen MR) is 133 cm³/mol. The average molecular weight is 560 g/mol. The number of hydrazine groups is 1. The topological polar surface area (TPSA) is 105 Å². The Morgan fingerprint density at radius 3 is 2.26 bits per heavy atom. The lowest BCUT2D eigenvalue weighted by Gasteiger charge is -2.33. The molecule has 0 atom stereocenters. The van der Waals surface area contributed by atoms with Crippen LogP contribution in [0.15, 0.2) is 42.5 Å². The molecule has 1 saturated heterocycles. The summed E-state index contributed by atoms with van der Waals surface area (Å²) >= 11 is 18.6. The van der Waals surface area contributed by atoms with Crippen LogP contribution in [0.2, 0.25) is 15.1 Å². The number of piperidine rings is 1. The normalized spacial score (nSPS) is 14.8. The summed E-state index contributed by atoms with van der Waals surface area (Å²) in [5.41, 5.74) is 2.01. The molecule has 0 unspecified atom stereocenters. The fourth-order valence-corrected chi connectivity index (χ4v) is 4.88. The molecule has 0 aliphatic carbocycles. The van der Waals surface area contributed by atoms with Crippen molar-refractivity contribution in [2.75, 3.05) is 13.1 Å². The highest BCUT2D eigenvalue weighted by Gasteiger charge is 2.34. The van der Waals surface area contributed by atoms with E-state index < -0.39 is 16.3 Å². The smallest absolute Gasteiger partial charge is 0.263 e. The Morgan fingerprint density at radius 2 is 1.66 bits per heavy atom. The summed E-state index contributed by atoms with van der Waals surface area (Å²) in [5, 5.41) is 7.72. The molecule has 2 aromatic carbocycles. The monoisotopic (exact) mass is 558 g/mol. The van der Waals surface area contributed by atoms with Crippen LogP contribution in [0.25, 0.3) is 16.9 Å². The van der Waals surface area contributed by atoms with Gasteiger partial charge in [0.15, 0.2) is 5.69 Å². The van der Waals surface area contributed by atoms with Gasteiger partial charge in [0.2, 0.25) is 0 Å². The van der Waals surface area contributed by atoms with Gasteiger partial charge in [0.25, 0.3) is 0 Å². The predicted octanol–water partition coefficient (Wildman–Crippen LogP) is 5.39. The molecule has 0 saturated carbocycles. The molecule has 4 rings (SSSR count). The van der Waals surface area contributed by atoms with Crippen molar-refractivity contribution in [3.05, 3.63) is 68.8 Å². The second-order valence-corrected chi connectivity index (χ2v) is 10.2. The maximum Gasteiger partial charge on any atom is 0.419 e. The van der Waals surface area contributed by atoms with Crippen molar-refractivity contribution in [1.82, 2.24) is 20.0 Å². The van der Waals surface area contributed by atoms with Crippen LogP contribution >= 0.6 is 34.8 Å². The first-order valence-electron chi connectivity index (χ1n) is 10.6. The zero-order chi connectivity index (χ0) is 25.3. The number of halogens is 3. The summed E-state index contributed by atoms with van der Waals surface area (Å²) in [7, 11) is -4.98. The maximum atomic E-state index is 13.6. The third kappa shape index (κ3) is 5.80. The van der Waals surface area contributed by atoms with Gasteiger partial charge in [-0.25, -0.2) is 4.68 Å². The van der Waals surface area contributed by atoms with Crippen LogP contribution in [-0.4, -0.2) is 51.9 Å². The zero-order valence-corrected chi connectivity index (χ0v) is 21.6. The van der Waals surface area contributed by atoms with Crippen molar-refractivity contribution in [2.45, 2.75) is 26.2 Å². The van der Waals surface area contributed by atoms with E-state index >= 15 is 0 Å². The standard InChI is InChI=1S/C22H21Cl3N4O5S/c1-14-20(22(30)29(34-35(31,32)33)27-11-3-2-4-12-27)26-28(19-10-9-17(24)13-18(19)25)21(14)15-5-7-16(23)8-6-15/h5-10,13H,2-4,11-12H2,1H3,(H,31,32,33). The lowest BCUT2D eigenvalue weighted by molar-refractivity contribution is -0.185. The van der Waals surface area contributed by atoms with Crippen molar-refractivity contribution in [3.63, 3.8) is 0 Å². The molecule has 0 radical (unpaired) electrons. The van der Waals surface area contributed by atoms with E-state index in [0.29, 0.717) is 50.8 Å². The highest BCUT2D eigenvalue weighted by Crippen LogP contribution is 2.34. The summed E-state index contributed by atoms with van der Waals surface area (Å²) in [6, 6.07) is 11.7. The third-order valence-corrected chi connectivity index (χ3v) is 6.63. The summed E-state index contributed by atoms with van der Waals surface area (Å²) in [4.78, 5) is 13.6. The molecule has 2 heterocycles. The van der Waals surface area contributed by atoms with E-state index in [1.807, 2.05) is 0 Å². The number of amides is 1. The lowest BCUT2D eigenvalue weighted by Crippen LogP contribution is -2.49. The Hall–Kier alpha value is -2.18. The highest BCUT2D eigenvalue weighted by molar-refractivity contribution is 7.80. The van der Waals surface area contributed by atoms with Gasteiger partial charge in [-0.3, -0.25) is 9.35 Å². The molecule has 1 amide bonds. The number of rotatable bonds is 6. The first-order valence-corrected chi connectivity index (χ1v) is 13.1. The lowest BCUT2D eigenvalue weighted by atomic mass is 10.1. The third-order valence-electron chi connectivity index (χ3n) is 5.51. The first kappa shape index (κ1) is 25.9. The SMILES string of the molecule is Cc1c(C(=O)N(OS(=O)(=O)O)N2CCCCC2)nn(-c2ccc(Cl)cc2Cl)c1-c1ccc(Cl)cc1. The summed E-state index contributed by atoms with van der Waals surface area (Å²) in [5.74, 6) is -0.860. The van der Waals surface area contributed by atoms with E-state index in [-0.39, 0.29) is 10.7 Å². The number of hydroxylamine groups is 1. The number of aromatic nitrogens is 2. The van der Waals surface area contributed by atoms with Crippen LogP contribution in [0, 0.1) is 6.92 Å². The van der Waals surface area contributed by atoms with Crippen LogP contribution in [0.3, 0.4) is 0 Å². The van der Waals surface area contributed by atoms with Crippen molar-refractivity contribution < 1.29 is 22.0 Å². The van der Waals surface area contributed by atoms with Gasteiger partial charge in [-0.1, -0.05) is 53.4 Å². The zero-order valence-electron chi connectivity index (χ0n) is 18.5. The molecule has 0 spiro atoms. The molecule has 9 nitrogen and oxygen atoms in total. The Kier molecular flexibility index (Phi) is 7.72. The number of carbonyl (C=O) groups excluding carboxylic acids is 1. The van der Waals surface area contributed by atoms with E-state index in [1.54, 1.807) is 49.4 Å². The average Bonchev–Trinajstić information content (AvgIpc) is 3.14. The summed E-state index contributed by atoms with van der Waals surface area (Å²) < 4.78 is 38.7. The van der Waals surface area contributed by atoms with Crippen LogP contribution in [0.5, 0.6) is 0 Å². The Labute approximate surface area is 217 Å². The summed E-state index contributed by atoms with van der Waals surface area (Å²) in [6.07, 6.45) is 2.37. The molecule has 1 aromatic heterocycles. The van der Waals surface area contributed by atoms with E-state index in [4.69, 9.17) is 39.1 Å². The van der Waals surface area contributed by atoms with Gasteiger partial charge < -0.3 is 0 Å². The largest absolute Gasteiger partial charge is 0.419 e. The Balaban J connectivity index is 1.88. The van der Waals surface area contributed by atoms with E-state index in [1.165, 1.54) is 9.69 Å². The van der Waals surface area contributed by atoms with E-state index in [9.17, 15) is 17.8 Å². The van der Waals surface area contributed by atoms with Crippen LogP contribution in [0.4, 0.5) is 0 Å². The van der Waals surface area contributed by atoms with Crippen molar-refractivity contribution in [2.24, 2.45) is 0 Å². The molecule has 1 aliphatic rings. The van der Waals surface area contributed by atoms with Crippen molar-refractivity contribution in [3.8, 4) is 16.9 Å². The molecule has 186 valence electrons. The van der Waals surface area contributed by atoms with Crippen LogP contribution in [-0.2, 0) is 14.7 Å². The fraction of sp³-hybridized carbons (Fsp3) is 0.273. The Morgan fingerprint density at radius 1 is 1.03 bits per heavy atom. The highest BCUT2D eigenvalue weighted by atomic mass is 35.5. The number of hydrogen-bond donors (Lipinski definition) is 1. The molecular formula is C22H21Cl3N4O5S. The molecule has 1 aliphatic heterocycles. The van der Waals surface area contributed by atoms with Gasteiger partial charge in [-0.05, 0) is 50.1 Å². The van der Waals surface area contributed by atoms with Gasteiger partial charge >= 0.3 is 16.3 Å². The van der Waals surface area contributed by atoms with E-state index in [2.05, 4.69) is 5.10 Å². The first-order chi connectivity index (χ1) is 16.5. The van der Waals surface area contributed by atoms with Crippen molar-refractivity contribution >= 4 is 51.1 Å². The van der Waals surface area contributed by atoms with Crippen molar-refractivity contribution in [1.29, 1.82) is 0 Å². The molecule has 35 heavy (non-hydrogen) atoms. The molecule has 3 aromatic rings. The Bertz CT molecular complexity index is 1360. The van der Waals surface area contributed by atoms with Crippen LogP contribution < -0.4 is 0 Å². The van der Waals surface area contributed by atoms with Gasteiger partial charge in [0.05, 0.1) is 16.4 Å². The van der Waals surface area contributed by atoms with E-state index in [0.717, 1.165) is 19.3 Å². The van der Waals surface area contributed by atoms with Gasteiger partial charge in [0, 0.05) is 34.3 Å². The number of hydrogen-bond acceptors (Lipinski definition) is 6. The molecule has 13 heteroatoms. The second kappa shape index (κ2) is 10.4. The van der Waals surface area contributed by atoms with Gasteiger partial charge in [-0.15, -0.1) is 9.46 Å². The number of benzene rings is 2. The fourth-order valence-electron chi connectivity index (χ4n) is 3.92. The number of carbonyl (C=O) groups is 1. The molecular weight excluding hydrogens is 539 g/mol. The minimum atomic E-state index is -4.98. The van der Waals surface area contributed by atoms with Gasteiger partial charge in [-0.2, -0.15) is 18.5 Å². The minimum absolute atomic E-state index is 0.0878. The molecule has 1 N–H and O–H groups in total. The summed E-state index contributed by atoms with van der Waals surface area (Å²) in [6.45, 7) is 2.41. The maximum absolute atomic E-state index is 13.6. The molecule has 1 fully saturated rings. The molecule has 0 bridgehead atoms. The number of nitrogens with zero attached hydrogens (tertiary/aromatic N) is 4. The quantitative estimate of drug-likeness (QED) is 0.319.